The number of furan rings is 1. The summed E-state index contributed by atoms with van der Waals surface area (Å²) in [7, 11) is 5.26. The van der Waals surface area contributed by atoms with Gasteiger partial charge in [-0.1, -0.05) is 97.2 Å². The van der Waals surface area contributed by atoms with Gasteiger partial charge >= 0.3 is 0 Å². The van der Waals surface area contributed by atoms with Crippen LogP contribution in [0.25, 0.3) is 21.8 Å². The summed E-state index contributed by atoms with van der Waals surface area (Å²) in [5, 5.41) is 46.7. The first-order valence-electron chi connectivity index (χ1n) is 43.9. The van der Waals surface area contributed by atoms with Crippen molar-refractivity contribution in [2.75, 3.05) is 72.5 Å². The summed E-state index contributed by atoms with van der Waals surface area (Å²) in [5.74, 6) is -18.0. The van der Waals surface area contributed by atoms with E-state index in [-0.39, 0.29) is 103 Å². The van der Waals surface area contributed by atoms with Crippen molar-refractivity contribution in [1.82, 2.24) is 97.6 Å². The van der Waals surface area contributed by atoms with Gasteiger partial charge in [-0.15, -0.1) is 11.8 Å². The molecule has 16 amide bonds. The van der Waals surface area contributed by atoms with Crippen LogP contribution in [-0.2, 0) is 107 Å². The Kier molecular flexibility index (Phi) is 41.2. The Morgan fingerprint density at radius 2 is 1.17 bits per heavy atom. The summed E-state index contributed by atoms with van der Waals surface area (Å²) >= 11 is 0.775. The Bertz CT molecular complexity index is 5000. The van der Waals surface area contributed by atoms with E-state index in [2.05, 4.69) is 73.1 Å². The number of fused-ring (bicyclic) bond motifs is 3. The number of nitrogens with zero attached hydrogens (tertiary/aromatic N) is 6. The number of primary amides is 2. The fourth-order valence-electron chi connectivity index (χ4n) is 15.8. The third kappa shape index (κ3) is 30.4. The van der Waals surface area contributed by atoms with Crippen molar-refractivity contribution < 1.29 is 91.0 Å². The third-order valence-corrected chi connectivity index (χ3v) is 24.1. The minimum atomic E-state index is -1.81. The number of aromatic nitrogens is 4. The van der Waals surface area contributed by atoms with Gasteiger partial charge in [0.25, 0.3) is 0 Å². The van der Waals surface area contributed by atoms with E-state index < -0.39 is 229 Å². The number of unbranched alkanes of at least 4 members (excludes halogenated alkanes) is 2. The van der Waals surface area contributed by atoms with E-state index in [1.54, 1.807) is 74.8 Å². The molecule has 2 aliphatic rings. The number of aliphatic hydroxyl groups excluding tert-OH is 1. The number of nitrogens with one attached hydrogen (secondary N) is 14. The van der Waals surface area contributed by atoms with Gasteiger partial charge in [-0.3, -0.25) is 86.9 Å². The highest BCUT2D eigenvalue weighted by Crippen LogP contribution is 2.27. The molecule has 6 heterocycles. The number of benzene rings is 2. The number of para-hydroxylation sites is 2. The van der Waals surface area contributed by atoms with Gasteiger partial charge in [0.05, 0.1) is 44.5 Å². The highest BCUT2D eigenvalue weighted by molar-refractivity contribution is 8.00. The number of rotatable bonds is 26. The van der Waals surface area contributed by atoms with Crippen LogP contribution in [0.5, 0.6) is 0 Å². The van der Waals surface area contributed by atoms with E-state index in [1.165, 1.54) is 66.0 Å². The van der Waals surface area contributed by atoms with Gasteiger partial charge in [0.2, 0.25) is 94.5 Å². The van der Waals surface area contributed by atoms with Crippen LogP contribution in [0.15, 0.2) is 96.3 Å². The molecule has 2 saturated heterocycles. The molecule has 2 fully saturated rings. The summed E-state index contributed by atoms with van der Waals surface area (Å²) in [6.07, 6.45) is 6.80. The zero-order chi connectivity index (χ0) is 95.9. The highest BCUT2D eigenvalue weighted by Gasteiger charge is 2.44. The molecule has 2 aromatic carbocycles. The maximum absolute atomic E-state index is 15.7. The second-order valence-electron chi connectivity index (χ2n) is 33.6. The molecule has 21 N–H and O–H groups in total. The molecule has 720 valence electrons. The number of guanidine groups is 1. The molecule has 0 saturated carbocycles. The second kappa shape index (κ2) is 51.4. The van der Waals surface area contributed by atoms with Crippen LogP contribution >= 0.6 is 11.8 Å². The lowest BCUT2D eigenvalue weighted by molar-refractivity contribution is -0.149. The van der Waals surface area contributed by atoms with Gasteiger partial charge in [0, 0.05) is 125 Å². The molecule has 0 aliphatic carbocycles. The van der Waals surface area contributed by atoms with Crippen molar-refractivity contribution >= 4 is 140 Å². The van der Waals surface area contributed by atoms with Crippen molar-refractivity contribution in [3.8, 4) is 0 Å². The van der Waals surface area contributed by atoms with E-state index in [0.29, 0.717) is 64.3 Å². The molecule has 0 unspecified atom stereocenters. The maximum atomic E-state index is 15.7. The zero-order valence-corrected chi connectivity index (χ0v) is 76.1. The standard InChI is InChI=1S/C88H125N23O19S.CH4/c1-10-12-27-69-81(123)100-61(26-18-30-94-88(91)92)78(120)106-68(77(119)97-43-73(90)115)46-131-47-74(116)99-65(38-56-21-20-32-130-56)84(126)108(7)50(5)75(117)102-66(39-72(89)114)86(128)111-31-19-29-70(111)82(124)101-62(37-54-42-93-48-98-54)79(121)103-63(33-49(3)4)83(125)107(6)44-55(113)35-51(34-52-40-95-59-24-16-14-22-57(52)59)76(118)105-67(45-112)80(122)104-64(36-53-41-96-60-25-17-15-23-58(53)60)85(127)110(9)71(28-13-11-2)87(129)109(69)8;/h14-17,20-25,32,40-42,48-51,61-71,95-96,112H,10-13,18-19,26-31,33-39,43-47H2,1-9H3,(H2,89,114)(H2,90,115)(H,93,98)(H,97,119)(H,99,116)(H,100,123)(H,101,124)(H,102,117)(H,103,121)(H,104,122)(H,105,118)(H,106,120)(H4,91,92,94);1H4/t50-,51+,61-,62-,63-,64-,65-,66-,67-,68-,69-,70-,71-;/m0./s1. The van der Waals surface area contributed by atoms with Crippen LogP contribution in [0.4, 0.5) is 0 Å². The summed E-state index contributed by atoms with van der Waals surface area (Å²) in [4.78, 5) is 267. The van der Waals surface area contributed by atoms with Gasteiger partial charge in [0.1, 0.15) is 78.3 Å². The Morgan fingerprint density at radius 3 is 1.78 bits per heavy atom. The predicted octanol–water partition coefficient (Wildman–Crippen LogP) is -0.818. The average molecular weight is 1860 g/mol. The van der Waals surface area contributed by atoms with E-state index in [1.807, 2.05) is 13.8 Å². The quantitative estimate of drug-likeness (QED) is 0.0179. The first-order valence-corrected chi connectivity index (χ1v) is 45.1. The molecule has 42 nitrogen and oxygen atoms in total. The smallest absolute Gasteiger partial charge is 0.246 e. The predicted molar refractivity (Wildman–Crippen MR) is 490 cm³/mol. The van der Waals surface area contributed by atoms with Crippen molar-refractivity contribution in [2.24, 2.45) is 29.0 Å². The van der Waals surface area contributed by atoms with E-state index in [0.717, 1.165) is 36.3 Å². The SMILES string of the molecule is C.CCCC[C@H]1C(=O)N(C)[C@@H](CCCC)C(=O)N[C@@H](CCCNC(=N)N)C(=O)N[C@H](C(=O)NCC(N)=O)CSCC(=O)N[C@@H](Cc2ccco2)C(=O)N(C)[C@@H](C)C(=O)N[C@@H](CC(N)=O)C(=O)N2CCC[C@H]2C(=O)N[C@@H](Cc2cnc[nH]2)C(=O)N[C@@H](CC(C)C)C(=O)N(C)CC(=O)C[C@@H](Cc2c[nH]c3ccccc23)C(=O)N[C@@H](CO)C(=O)N[C@@H](Cc2c[nH]c3ccccc23)C(=O)N1C. The highest BCUT2D eigenvalue weighted by atomic mass is 32.2. The monoisotopic (exact) mass is 1860 g/mol. The lowest BCUT2D eigenvalue weighted by Crippen LogP contribution is -2.61. The summed E-state index contributed by atoms with van der Waals surface area (Å²) in [6.45, 7) is 6.05. The fourth-order valence-corrected chi connectivity index (χ4v) is 16.7. The number of imidazole rings is 1. The topological polar surface area (TPSA) is 622 Å². The first-order chi connectivity index (χ1) is 62.4. The number of carbonyl (C=O) groups is 17. The van der Waals surface area contributed by atoms with Crippen LogP contribution < -0.4 is 70.4 Å². The minimum Gasteiger partial charge on any atom is -0.469 e. The number of thioether (sulfide) groups is 1. The summed E-state index contributed by atoms with van der Waals surface area (Å²) in [5.41, 5.74) is 19.6. The average Bonchev–Trinajstić information content (AvgIpc) is 1.35. The summed E-state index contributed by atoms with van der Waals surface area (Å²) < 4.78 is 5.57. The number of aromatic amines is 3. The molecule has 4 aromatic heterocycles. The van der Waals surface area contributed by atoms with Gasteiger partial charge in [-0.25, -0.2) is 4.98 Å². The Morgan fingerprint density at radius 1 is 0.591 bits per heavy atom. The molecule has 2 aliphatic heterocycles. The number of likely N-dealkylation sites (N-methyl/N-ethyl adjacent to an activating group) is 4. The van der Waals surface area contributed by atoms with Crippen molar-refractivity contribution in [1.29, 1.82) is 5.41 Å². The molecule has 132 heavy (non-hydrogen) atoms. The van der Waals surface area contributed by atoms with E-state index >= 15 is 24.0 Å². The van der Waals surface area contributed by atoms with Gasteiger partial charge in [-0.2, -0.15) is 0 Å². The van der Waals surface area contributed by atoms with Gasteiger partial charge in [-0.05, 0) is 99.6 Å². The zero-order valence-electron chi connectivity index (χ0n) is 75.3. The van der Waals surface area contributed by atoms with Crippen LogP contribution in [0.3, 0.4) is 0 Å². The summed E-state index contributed by atoms with van der Waals surface area (Å²) in [6, 6.07) is -0.853. The number of carbonyl (C=O) groups excluding carboxylic acids is 17. The molecule has 43 heteroatoms. The van der Waals surface area contributed by atoms with Crippen LogP contribution in [0.1, 0.15) is 148 Å². The molecule has 13 atom stereocenters. The Hall–Kier alpha value is -13.2. The molecule has 0 radical (unpaired) electrons. The van der Waals surface area contributed by atoms with E-state index in [4.69, 9.17) is 27.0 Å². The molecular weight excluding hydrogens is 1730 g/mol. The third-order valence-electron chi connectivity index (χ3n) is 23.1. The maximum Gasteiger partial charge on any atom is 0.246 e. The van der Waals surface area contributed by atoms with Gasteiger partial charge in [0.15, 0.2) is 11.7 Å². The first kappa shape index (κ1) is 106. The normalized spacial score (nSPS) is 23.5. The minimum absolute atomic E-state index is 0. The number of Topliss-reactive ketones (excluding diaryl/α,β-unsaturated/α-hetero) is 1. The van der Waals surface area contributed by atoms with Crippen molar-refractivity contribution in [3.05, 3.63) is 114 Å². The second-order valence-corrected chi connectivity index (χ2v) is 34.6. The Labute approximate surface area is 769 Å². The molecular formula is C89H129N23O19S. The van der Waals surface area contributed by atoms with Crippen LogP contribution in [0.2, 0.25) is 0 Å². The van der Waals surface area contributed by atoms with Crippen LogP contribution in [-0.4, -0.2) is 301 Å². The number of aliphatic hydroxyl groups is 1. The Balaban J connectivity index is 0.0000238. The number of nitrogens with two attached hydrogens (primary N) is 3. The lowest BCUT2D eigenvalue weighted by Gasteiger charge is -2.36. The van der Waals surface area contributed by atoms with Crippen LogP contribution in [0, 0.1) is 17.2 Å². The van der Waals surface area contributed by atoms with E-state index in [9.17, 15) is 62.6 Å². The fraction of sp³-hybridized carbons (Fsp3) is 0.539. The number of hydrogen-bond donors (Lipinski definition) is 18. The number of ketones is 1. The molecule has 6 aromatic rings. The number of amides is 16. The van der Waals surface area contributed by atoms with Crippen molar-refractivity contribution in [2.45, 2.75) is 224 Å². The number of hydrogen-bond acceptors (Lipinski definition) is 22. The number of H-pyrrole nitrogens is 3. The van der Waals surface area contributed by atoms with Gasteiger partial charge < -0.3 is 119 Å². The molecule has 8 rings (SSSR count). The molecule has 0 bridgehead atoms. The largest absolute Gasteiger partial charge is 0.469 e. The molecule has 0 spiro atoms. The lowest BCUT2D eigenvalue weighted by atomic mass is 9.92. The van der Waals surface area contributed by atoms with Crippen molar-refractivity contribution in [3.63, 3.8) is 0 Å².